The van der Waals surface area contributed by atoms with Gasteiger partial charge in [0.1, 0.15) is 6.61 Å². The van der Waals surface area contributed by atoms with E-state index in [0.29, 0.717) is 0 Å². The van der Waals surface area contributed by atoms with Crippen molar-refractivity contribution in [3.63, 3.8) is 0 Å². The molecule has 0 aromatic heterocycles. The Bertz CT molecular complexity index is 182. The zero-order chi connectivity index (χ0) is 9.78. The summed E-state index contributed by atoms with van der Waals surface area (Å²) < 4.78 is 9.43. The van der Waals surface area contributed by atoms with E-state index < -0.39 is 20.1 Å². The van der Waals surface area contributed by atoms with Crippen LogP contribution in [0.5, 0.6) is 0 Å². The lowest BCUT2D eigenvalue weighted by Gasteiger charge is -2.15. The van der Waals surface area contributed by atoms with Crippen molar-refractivity contribution in [3.05, 3.63) is 0 Å². The molecular formula is C7H14O4Si. The molecule has 0 saturated heterocycles. The van der Waals surface area contributed by atoms with E-state index in [0.717, 1.165) is 0 Å². The second-order valence-electron chi connectivity index (χ2n) is 3.36. The third kappa shape index (κ3) is 5.03. The maximum Gasteiger partial charge on any atom is 0.363 e. The van der Waals surface area contributed by atoms with Gasteiger partial charge in [-0.05, 0) is 19.6 Å². The zero-order valence-corrected chi connectivity index (χ0v) is 8.84. The molecular weight excluding hydrogens is 176 g/mol. The minimum atomic E-state index is -1.94. The number of carbonyl (C=O) groups is 2. The molecule has 0 aliphatic heterocycles. The topological polar surface area (TPSA) is 52.6 Å². The van der Waals surface area contributed by atoms with Crippen molar-refractivity contribution < 1.29 is 18.8 Å². The molecule has 0 saturated carbocycles. The maximum atomic E-state index is 10.9. The molecule has 0 radical (unpaired) electrons. The van der Waals surface area contributed by atoms with E-state index in [2.05, 4.69) is 4.74 Å². The summed E-state index contributed by atoms with van der Waals surface area (Å²) in [5.74, 6) is -1.41. The molecule has 0 N–H and O–H groups in total. The predicted octanol–water partition coefficient (Wildman–Crippen LogP) is 0.580. The van der Waals surface area contributed by atoms with Crippen LogP contribution in [-0.4, -0.2) is 33.8 Å². The van der Waals surface area contributed by atoms with Crippen LogP contribution in [0.15, 0.2) is 0 Å². The third-order valence-electron chi connectivity index (χ3n) is 0.902. The summed E-state index contributed by atoms with van der Waals surface area (Å²) in [6.45, 7) is 5.31. The monoisotopic (exact) mass is 190 g/mol. The third-order valence-corrected chi connectivity index (χ3v) is 1.70. The second kappa shape index (κ2) is 4.37. The van der Waals surface area contributed by atoms with Gasteiger partial charge in [-0.3, -0.25) is 4.79 Å². The Kier molecular flexibility index (Phi) is 4.12. The fraction of sp³-hybridized carbons (Fsp3) is 0.714. The van der Waals surface area contributed by atoms with E-state index >= 15 is 0 Å². The molecule has 0 aromatic rings. The van der Waals surface area contributed by atoms with Gasteiger partial charge < -0.3 is 9.16 Å². The summed E-state index contributed by atoms with van der Waals surface area (Å²) in [5, 5.41) is 0. The van der Waals surface area contributed by atoms with Crippen molar-refractivity contribution in [1.82, 2.24) is 0 Å². The number of hydrogen-bond acceptors (Lipinski definition) is 4. The minimum absolute atomic E-state index is 0.205. The van der Waals surface area contributed by atoms with E-state index in [1.807, 2.05) is 19.6 Å². The molecule has 0 heterocycles. The predicted molar refractivity (Wildman–Crippen MR) is 46.3 cm³/mol. The molecule has 70 valence electrons. The fourth-order valence-electron chi connectivity index (χ4n) is 0.525. The molecule has 4 nitrogen and oxygen atoms in total. The molecule has 0 spiro atoms. The molecule has 0 amide bonds. The van der Waals surface area contributed by atoms with Crippen molar-refractivity contribution in [2.45, 2.75) is 19.6 Å². The van der Waals surface area contributed by atoms with Gasteiger partial charge in [-0.2, -0.15) is 0 Å². The van der Waals surface area contributed by atoms with Crippen LogP contribution in [-0.2, 0) is 18.8 Å². The van der Waals surface area contributed by atoms with Crippen LogP contribution in [0, 0.1) is 0 Å². The first kappa shape index (κ1) is 11.3. The van der Waals surface area contributed by atoms with E-state index in [9.17, 15) is 9.59 Å². The second-order valence-corrected chi connectivity index (χ2v) is 7.79. The number of methoxy groups -OCH3 is 1. The zero-order valence-electron chi connectivity index (χ0n) is 7.84. The molecule has 12 heavy (non-hydrogen) atoms. The number of Topliss-reactive ketones (excluding diaryl/α,β-unsaturated/α-hetero) is 1. The number of carbonyl (C=O) groups excluding carboxylic acids is 2. The lowest BCUT2D eigenvalue weighted by molar-refractivity contribution is -0.149. The summed E-state index contributed by atoms with van der Waals surface area (Å²) in [5.41, 5.74) is 0. The van der Waals surface area contributed by atoms with Gasteiger partial charge in [0, 0.05) is 7.11 Å². The summed E-state index contributed by atoms with van der Waals surface area (Å²) in [6.07, 6.45) is 0. The van der Waals surface area contributed by atoms with Crippen LogP contribution in [0.25, 0.3) is 0 Å². The van der Waals surface area contributed by atoms with Crippen molar-refractivity contribution >= 4 is 20.1 Å². The molecule has 0 aromatic carbocycles. The largest absolute Gasteiger partial charge is 0.514 e. The van der Waals surface area contributed by atoms with Gasteiger partial charge in [-0.15, -0.1) is 0 Å². The fourth-order valence-corrected chi connectivity index (χ4v) is 1.20. The highest BCUT2D eigenvalue weighted by Crippen LogP contribution is 2.02. The summed E-state index contributed by atoms with van der Waals surface area (Å²) in [4.78, 5) is 21.8. The van der Waals surface area contributed by atoms with E-state index in [1.54, 1.807) is 0 Å². The van der Waals surface area contributed by atoms with Crippen LogP contribution in [0.1, 0.15) is 0 Å². The maximum absolute atomic E-state index is 10.9. The van der Waals surface area contributed by atoms with E-state index in [-0.39, 0.29) is 6.61 Å². The van der Waals surface area contributed by atoms with Crippen LogP contribution < -0.4 is 0 Å². The average Bonchev–Trinajstić information content (AvgIpc) is 1.84. The van der Waals surface area contributed by atoms with Gasteiger partial charge in [0.2, 0.25) is 8.32 Å². The molecule has 0 rings (SSSR count). The standard InChI is InChI=1S/C7H14O4Si/c1-10-5-6(8)7(9)11-12(2,3)4/h5H2,1-4H3. The molecule has 0 fully saturated rings. The molecule has 0 bridgehead atoms. The van der Waals surface area contributed by atoms with Crippen molar-refractivity contribution in [3.8, 4) is 0 Å². The molecule has 0 unspecified atom stereocenters. The van der Waals surface area contributed by atoms with E-state index in [4.69, 9.17) is 4.43 Å². The smallest absolute Gasteiger partial charge is 0.363 e. The highest BCUT2D eigenvalue weighted by molar-refractivity contribution is 6.72. The van der Waals surface area contributed by atoms with Gasteiger partial charge in [-0.25, -0.2) is 4.79 Å². The number of ether oxygens (including phenoxy) is 1. The minimum Gasteiger partial charge on any atom is -0.514 e. The first-order chi connectivity index (χ1) is 5.37. The number of rotatable bonds is 4. The van der Waals surface area contributed by atoms with Crippen molar-refractivity contribution in [2.75, 3.05) is 13.7 Å². The highest BCUT2D eigenvalue weighted by Gasteiger charge is 2.24. The first-order valence-electron chi connectivity index (χ1n) is 3.62. The normalized spacial score (nSPS) is 11.0. The Balaban J connectivity index is 3.97. The lowest BCUT2D eigenvalue weighted by Crippen LogP contribution is -2.34. The van der Waals surface area contributed by atoms with Crippen LogP contribution in [0.4, 0.5) is 0 Å². The SMILES string of the molecule is COCC(=O)C(=O)O[Si](C)(C)C. The Hall–Kier alpha value is -0.683. The average molecular weight is 190 g/mol. The summed E-state index contributed by atoms with van der Waals surface area (Å²) in [6, 6.07) is 0. The number of hydrogen-bond donors (Lipinski definition) is 0. The first-order valence-corrected chi connectivity index (χ1v) is 7.03. The Morgan fingerprint density at radius 2 is 1.75 bits per heavy atom. The van der Waals surface area contributed by atoms with Crippen molar-refractivity contribution in [1.29, 1.82) is 0 Å². The Morgan fingerprint density at radius 3 is 2.08 bits per heavy atom. The van der Waals surface area contributed by atoms with Crippen molar-refractivity contribution in [2.24, 2.45) is 0 Å². The van der Waals surface area contributed by atoms with Crippen LogP contribution in [0.3, 0.4) is 0 Å². The lowest BCUT2D eigenvalue weighted by atomic mass is 10.4. The van der Waals surface area contributed by atoms with Crippen LogP contribution >= 0.6 is 0 Å². The summed E-state index contributed by atoms with van der Waals surface area (Å²) in [7, 11) is -0.577. The molecule has 5 heteroatoms. The summed E-state index contributed by atoms with van der Waals surface area (Å²) >= 11 is 0. The Labute approximate surface area is 73.0 Å². The highest BCUT2D eigenvalue weighted by atomic mass is 28.4. The molecule has 0 aliphatic carbocycles. The van der Waals surface area contributed by atoms with Gasteiger partial charge in [-0.1, -0.05) is 0 Å². The quantitative estimate of drug-likeness (QED) is 0.480. The van der Waals surface area contributed by atoms with Gasteiger partial charge in [0.05, 0.1) is 0 Å². The van der Waals surface area contributed by atoms with Gasteiger partial charge in [0.15, 0.2) is 0 Å². The Morgan fingerprint density at radius 1 is 1.25 bits per heavy atom. The molecule has 0 aliphatic rings. The molecule has 0 atom stereocenters. The van der Waals surface area contributed by atoms with Gasteiger partial charge in [0.25, 0.3) is 5.78 Å². The number of ketones is 1. The van der Waals surface area contributed by atoms with Gasteiger partial charge >= 0.3 is 5.97 Å². The van der Waals surface area contributed by atoms with Crippen LogP contribution in [0.2, 0.25) is 19.6 Å². The van der Waals surface area contributed by atoms with E-state index in [1.165, 1.54) is 7.11 Å².